The fourth-order valence-electron chi connectivity index (χ4n) is 2.25. The Balaban J connectivity index is 1.73. The lowest BCUT2D eigenvalue weighted by atomic mass is 10.1. The van der Waals surface area contributed by atoms with Crippen molar-refractivity contribution in [2.75, 3.05) is 0 Å². The maximum atomic E-state index is 5.63. The summed E-state index contributed by atoms with van der Waals surface area (Å²) in [6.45, 7) is 0. The molecule has 0 N–H and O–H groups in total. The molecule has 2 rings (SSSR count). The summed E-state index contributed by atoms with van der Waals surface area (Å²) >= 11 is 0. The molecular weight excluding hydrogens is 192 g/mol. The molecule has 2 atom stereocenters. The Morgan fingerprint density at radius 3 is 1.40 bits per heavy atom. The molecule has 15 heavy (non-hydrogen) atoms. The normalized spacial score (nSPS) is 35.2. The van der Waals surface area contributed by atoms with E-state index in [1.54, 1.807) is 0 Å². The summed E-state index contributed by atoms with van der Waals surface area (Å²) in [4.78, 5) is 10.3. The van der Waals surface area contributed by atoms with E-state index in [1.165, 1.54) is 51.4 Å². The molecule has 0 saturated carbocycles. The first-order valence-corrected chi connectivity index (χ1v) is 6.43. The van der Waals surface area contributed by atoms with Crippen LogP contribution in [-0.2, 0) is 14.5 Å². The molecule has 2 bridgehead atoms. The largest absolute Gasteiger partial charge is 0.318 e. The summed E-state index contributed by atoms with van der Waals surface area (Å²) in [7, 11) is 0. The molecule has 2 aliphatic heterocycles. The van der Waals surface area contributed by atoms with Crippen LogP contribution < -0.4 is 0 Å². The van der Waals surface area contributed by atoms with Gasteiger partial charge in [0.1, 0.15) is 0 Å². The lowest BCUT2D eigenvalue weighted by Crippen LogP contribution is -2.11. The second-order valence-electron chi connectivity index (χ2n) is 4.59. The maximum Gasteiger partial charge on any atom is 0.194 e. The monoisotopic (exact) mass is 214 g/mol. The summed E-state index contributed by atoms with van der Waals surface area (Å²) in [6.07, 6.45) is 12.3. The number of hydrogen-bond acceptors (Lipinski definition) is 3. The number of hydrogen-bond donors (Lipinski definition) is 0. The number of fused-ring (bicyclic) bond motifs is 2. The van der Waals surface area contributed by atoms with Crippen molar-refractivity contribution >= 4 is 0 Å². The third-order valence-corrected chi connectivity index (χ3v) is 3.20. The molecule has 2 aliphatic rings. The lowest BCUT2D eigenvalue weighted by Gasteiger charge is -2.06. The van der Waals surface area contributed by atoms with Crippen molar-refractivity contribution in [2.24, 2.45) is 0 Å². The lowest BCUT2D eigenvalue weighted by molar-refractivity contribution is -0.298. The molecule has 2 saturated heterocycles. The van der Waals surface area contributed by atoms with E-state index in [-0.39, 0.29) is 12.6 Å². The molecule has 0 radical (unpaired) electrons. The van der Waals surface area contributed by atoms with Gasteiger partial charge in [-0.1, -0.05) is 38.5 Å². The van der Waals surface area contributed by atoms with Crippen LogP contribution in [0.15, 0.2) is 0 Å². The first kappa shape index (κ1) is 11.4. The van der Waals surface area contributed by atoms with E-state index >= 15 is 0 Å². The van der Waals surface area contributed by atoms with Crippen molar-refractivity contribution in [1.82, 2.24) is 0 Å². The molecule has 0 aliphatic carbocycles. The van der Waals surface area contributed by atoms with Crippen LogP contribution in [0.2, 0.25) is 0 Å². The van der Waals surface area contributed by atoms with Gasteiger partial charge in [-0.15, -0.1) is 0 Å². The smallest absolute Gasteiger partial charge is 0.194 e. The summed E-state index contributed by atoms with van der Waals surface area (Å²) in [5.74, 6) is 0. The SMILES string of the molecule is C1CCCCCC2OOC(CCCC1)O2. The summed E-state index contributed by atoms with van der Waals surface area (Å²) in [6, 6.07) is 0. The number of ether oxygens (including phenoxy) is 1. The Hall–Kier alpha value is -0.120. The molecule has 0 aromatic rings. The minimum atomic E-state index is -0.101. The van der Waals surface area contributed by atoms with Crippen LogP contribution in [0, 0.1) is 0 Å². The predicted octanol–water partition coefficient (Wildman–Crippen LogP) is 3.53. The van der Waals surface area contributed by atoms with Crippen molar-refractivity contribution in [1.29, 1.82) is 0 Å². The van der Waals surface area contributed by atoms with Crippen LogP contribution in [0.4, 0.5) is 0 Å². The van der Waals surface area contributed by atoms with E-state index in [0.29, 0.717) is 0 Å². The predicted molar refractivity (Wildman–Crippen MR) is 57.0 cm³/mol. The van der Waals surface area contributed by atoms with Gasteiger partial charge in [-0.2, -0.15) is 0 Å². The third kappa shape index (κ3) is 4.09. The quantitative estimate of drug-likeness (QED) is 0.577. The Morgan fingerprint density at radius 2 is 0.933 bits per heavy atom. The summed E-state index contributed by atoms with van der Waals surface area (Å²) < 4.78 is 5.63. The second kappa shape index (κ2) is 6.46. The zero-order valence-corrected chi connectivity index (χ0v) is 9.45. The Bertz CT molecular complexity index is 154. The molecule has 2 unspecified atom stereocenters. The van der Waals surface area contributed by atoms with Gasteiger partial charge in [0.15, 0.2) is 12.6 Å². The van der Waals surface area contributed by atoms with Crippen LogP contribution >= 0.6 is 0 Å². The third-order valence-electron chi connectivity index (χ3n) is 3.20. The van der Waals surface area contributed by atoms with Crippen LogP contribution in [0.1, 0.15) is 64.2 Å². The Labute approximate surface area is 92.0 Å². The average Bonchev–Trinajstić information content (AvgIpc) is 2.69. The summed E-state index contributed by atoms with van der Waals surface area (Å²) in [5, 5.41) is 0. The number of rotatable bonds is 0. The molecule has 2 fully saturated rings. The van der Waals surface area contributed by atoms with Crippen LogP contribution in [0.25, 0.3) is 0 Å². The van der Waals surface area contributed by atoms with E-state index in [0.717, 1.165) is 12.8 Å². The minimum Gasteiger partial charge on any atom is -0.318 e. The van der Waals surface area contributed by atoms with Crippen molar-refractivity contribution in [3.63, 3.8) is 0 Å². The van der Waals surface area contributed by atoms with Crippen LogP contribution in [-0.4, -0.2) is 12.6 Å². The maximum absolute atomic E-state index is 5.63. The topological polar surface area (TPSA) is 27.7 Å². The molecular formula is C12H22O3. The first-order chi connectivity index (χ1) is 7.45. The molecule has 3 nitrogen and oxygen atoms in total. The van der Waals surface area contributed by atoms with E-state index in [2.05, 4.69) is 0 Å². The van der Waals surface area contributed by atoms with Gasteiger partial charge in [0.25, 0.3) is 0 Å². The van der Waals surface area contributed by atoms with Gasteiger partial charge in [-0.25, -0.2) is 9.78 Å². The van der Waals surface area contributed by atoms with Crippen molar-refractivity contribution in [3.8, 4) is 0 Å². The van der Waals surface area contributed by atoms with Crippen molar-refractivity contribution < 1.29 is 14.5 Å². The molecule has 0 amide bonds. The zero-order valence-electron chi connectivity index (χ0n) is 9.45. The molecule has 2 heterocycles. The fourth-order valence-corrected chi connectivity index (χ4v) is 2.25. The molecule has 3 heteroatoms. The van der Waals surface area contributed by atoms with E-state index in [9.17, 15) is 0 Å². The van der Waals surface area contributed by atoms with Gasteiger partial charge < -0.3 is 4.74 Å². The highest BCUT2D eigenvalue weighted by molar-refractivity contribution is 4.56. The molecule has 0 aromatic carbocycles. The molecule has 0 spiro atoms. The van der Waals surface area contributed by atoms with Crippen LogP contribution in [0.3, 0.4) is 0 Å². The highest BCUT2D eigenvalue weighted by Crippen LogP contribution is 2.23. The molecule has 88 valence electrons. The van der Waals surface area contributed by atoms with E-state index in [4.69, 9.17) is 14.5 Å². The van der Waals surface area contributed by atoms with Gasteiger partial charge in [0.2, 0.25) is 0 Å². The van der Waals surface area contributed by atoms with Crippen LogP contribution in [0.5, 0.6) is 0 Å². The van der Waals surface area contributed by atoms with Gasteiger partial charge in [-0.05, 0) is 12.8 Å². The first-order valence-electron chi connectivity index (χ1n) is 6.43. The second-order valence-corrected chi connectivity index (χ2v) is 4.59. The van der Waals surface area contributed by atoms with E-state index in [1.807, 2.05) is 0 Å². The molecule has 0 aromatic heterocycles. The van der Waals surface area contributed by atoms with Crippen molar-refractivity contribution in [3.05, 3.63) is 0 Å². The highest BCUT2D eigenvalue weighted by Gasteiger charge is 2.26. The van der Waals surface area contributed by atoms with Gasteiger partial charge in [0, 0.05) is 12.8 Å². The summed E-state index contributed by atoms with van der Waals surface area (Å²) in [5.41, 5.74) is 0. The minimum absolute atomic E-state index is 0.101. The fraction of sp³-hybridized carbons (Fsp3) is 1.00. The van der Waals surface area contributed by atoms with E-state index < -0.39 is 0 Å². The van der Waals surface area contributed by atoms with Crippen molar-refractivity contribution in [2.45, 2.75) is 76.8 Å². The zero-order chi connectivity index (χ0) is 10.3. The Morgan fingerprint density at radius 1 is 0.533 bits per heavy atom. The van der Waals surface area contributed by atoms with Gasteiger partial charge >= 0.3 is 0 Å². The highest BCUT2D eigenvalue weighted by atomic mass is 17.3. The standard InChI is InChI=1S/C12H22O3/c1-2-4-6-8-10-12-13-11(14-15-12)9-7-5-3-1/h11-12H,1-10H2. The van der Waals surface area contributed by atoms with Gasteiger partial charge in [0.05, 0.1) is 0 Å². The van der Waals surface area contributed by atoms with Gasteiger partial charge in [-0.3, -0.25) is 0 Å². The Kier molecular flexibility index (Phi) is 4.90. The average molecular weight is 214 g/mol.